The summed E-state index contributed by atoms with van der Waals surface area (Å²) in [5.41, 5.74) is 0. The van der Waals surface area contributed by atoms with Gasteiger partial charge in [-0.25, -0.2) is 4.39 Å². The Bertz CT molecular complexity index is 271. The highest BCUT2D eigenvalue weighted by molar-refractivity contribution is 9.10. The maximum atomic E-state index is 12.3. The summed E-state index contributed by atoms with van der Waals surface area (Å²) >= 11 is 3.46. The summed E-state index contributed by atoms with van der Waals surface area (Å²) in [6.45, 7) is 0. The lowest BCUT2D eigenvalue weighted by molar-refractivity contribution is 0.0839. The van der Waals surface area contributed by atoms with Crippen LogP contribution in [0, 0.1) is 5.82 Å². The molecule has 0 aromatic carbocycles. The van der Waals surface area contributed by atoms with Crippen molar-refractivity contribution < 1.29 is 13.6 Å². The molecule has 0 N–H and O–H groups in total. The summed E-state index contributed by atoms with van der Waals surface area (Å²) in [6, 6.07) is -1.61. The van der Waals surface area contributed by atoms with Crippen LogP contribution in [0.2, 0.25) is 0 Å². The van der Waals surface area contributed by atoms with E-state index in [4.69, 9.17) is 0 Å². The van der Waals surface area contributed by atoms with Crippen LogP contribution in [0.1, 0.15) is 9.67 Å². The largest absolute Gasteiger partial charge is 0.343 e. The van der Waals surface area contributed by atoms with Crippen molar-refractivity contribution in [2.75, 3.05) is 0 Å². The lowest BCUT2D eigenvalue weighted by atomic mass is 10.5. The molecule has 1 nitrogen and oxygen atoms in total. The molecule has 0 bridgehead atoms. The zero-order valence-electron chi connectivity index (χ0n) is 4.53. The summed E-state index contributed by atoms with van der Waals surface area (Å²) in [5.74, 6) is -0.606. The van der Waals surface area contributed by atoms with Gasteiger partial charge in [0.15, 0.2) is 0 Å². The normalized spacial score (nSPS) is 9.90. The molecule has 0 aliphatic rings. The first kappa shape index (κ1) is 7.81. The molecule has 5 heteroatoms. The third kappa shape index (κ3) is 1.24. The molecular formula is C5HBrF2OS. The van der Waals surface area contributed by atoms with E-state index in [1.165, 1.54) is 0 Å². The predicted molar refractivity (Wildman–Crippen MR) is 37.4 cm³/mol. The van der Waals surface area contributed by atoms with Crippen molar-refractivity contribution in [1.82, 2.24) is 0 Å². The van der Waals surface area contributed by atoms with Gasteiger partial charge in [-0.05, 0) is 15.9 Å². The van der Waals surface area contributed by atoms with E-state index >= 15 is 0 Å². The van der Waals surface area contributed by atoms with E-state index in [1.807, 2.05) is 0 Å². The number of thiophene rings is 1. The molecule has 0 fully saturated rings. The van der Waals surface area contributed by atoms with E-state index in [0.29, 0.717) is 0 Å². The quantitative estimate of drug-likeness (QED) is 0.674. The number of carbonyl (C=O) groups excluding carboxylic acids is 1. The molecule has 0 aliphatic carbocycles. The number of carbonyl (C=O) groups is 1. The highest BCUT2D eigenvalue weighted by Gasteiger charge is 2.14. The lowest BCUT2D eigenvalue weighted by Crippen LogP contribution is -1.84. The van der Waals surface area contributed by atoms with Gasteiger partial charge < -0.3 is 0 Å². The Labute approximate surface area is 67.8 Å². The first-order valence-electron chi connectivity index (χ1n) is 2.25. The molecule has 0 saturated heterocycles. The van der Waals surface area contributed by atoms with Gasteiger partial charge >= 0.3 is 6.04 Å². The van der Waals surface area contributed by atoms with Crippen LogP contribution in [-0.4, -0.2) is 6.04 Å². The van der Waals surface area contributed by atoms with Crippen LogP contribution in [0.3, 0.4) is 0 Å². The first-order chi connectivity index (χ1) is 4.63. The van der Waals surface area contributed by atoms with Crippen LogP contribution in [0.15, 0.2) is 9.85 Å². The van der Waals surface area contributed by atoms with E-state index in [9.17, 15) is 13.6 Å². The van der Waals surface area contributed by atoms with E-state index in [-0.39, 0.29) is 9.35 Å². The minimum Gasteiger partial charge on any atom is -0.254 e. The second kappa shape index (κ2) is 2.75. The summed E-state index contributed by atoms with van der Waals surface area (Å²) in [7, 11) is 0. The van der Waals surface area contributed by atoms with Crippen molar-refractivity contribution in [1.29, 1.82) is 0 Å². The van der Waals surface area contributed by atoms with Crippen molar-refractivity contribution in [2.45, 2.75) is 0 Å². The average Bonchev–Trinajstić information content (AvgIpc) is 2.14. The van der Waals surface area contributed by atoms with E-state index < -0.39 is 11.9 Å². The number of hydrogen-bond acceptors (Lipinski definition) is 2. The SMILES string of the molecule is O=C(F)c1scc(F)c1Br. The average molecular weight is 227 g/mol. The van der Waals surface area contributed by atoms with Crippen LogP contribution < -0.4 is 0 Å². The van der Waals surface area contributed by atoms with Gasteiger partial charge in [0.2, 0.25) is 0 Å². The van der Waals surface area contributed by atoms with Crippen LogP contribution in [0.25, 0.3) is 0 Å². The molecule has 0 atom stereocenters. The monoisotopic (exact) mass is 226 g/mol. The maximum absolute atomic E-state index is 12.3. The molecule has 10 heavy (non-hydrogen) atoms. The van der Waals surface area contributed by atoms with Crippen LogP contribution in [0.5, 0.6) is 0 Å². The highest BCUT2D eigenvalue weighted by atomic mass is 79.9. The summed E-state index contributed by atoms with van der Waals surface area (Å²) < 4.78 is 24.1. The zero-order valence-corrected chi connectivity index (χ0v) is 6.93. The summed E-state index contributed by atoms with van der Waals surface area (Å²) in [6.07, 6.45) is 0. The number of hydrogen-bond donors (Lipinski definition) is 0. The summed E-state index contributed by atoms with van der Waals surface area (Å²) in [5, 5.41) is 1.07. The van der Waals surface area contributed by atoms with Crippen molar-refractivity contribution in [2.24, 2.45) is 0 Å². The molecule has 0 unspecified atom stereocenters. The van der Waals surface area contributed by atoms with Crippen LogP contribution in [-0.2, 0) is 0 Å². The van der Waals surface area contributed by atoms with Crippen LogP contribution >= 0.6 is 27.3 Å². The lowest BCUT2D eigenvalue weighted by Gasteiger charge is -1.83. The Morgan fingerprint density at radius 1 is 1.70 bits per heavy atom. The third-order valence-corrected chi connectivity index (χ3v) is 2.83. The molecule has 54 valence electrons. The Balaban J connectivity index is 3.17. The zero-order chi connectivity index (χ0) is 7.72. The third-order valence-electron chi connectivity index (χ3n) is 0.868. The second-order valence-corrected chi connectivity index (χ2v) is 3.17. The Morgan fingerprint density at radius 2 is 2.30 bits per heavy atom. The molecule has 0 amide bonds. The maximum Gasteiger partial charge on any atom is 0.343 e. The van der Waals surface area contributed by atoms with Gasteiger partial charge in [-0.3, -0.25) is 4.79 Å². The molecule has 0 radical (unpaired) electrons. The Hall–Kier alpha value is -0.290. The van der Waals surface area contributed by atoms with Gasteiger partial charge in [0, 0.05) is 5.38 Å². The van der Waals surface area contributed by atoms with Crippen LogP contribution in [0.4, 0.5) is 8.78 Å². The van der Waals surface area contributed by atoms with Crippen molar-refractivity contribution in [3.05, 3.63) is 20.5 Å². The standard InChI is InChI=1S/C5HBrF2OS/c6-3-2(7)1-10-4(3)5(8)9/h1H. The minimum atomic E-state index is -1.61. The fourth-order valence-corrected chi connectivity index (χ4v) is 1.79. The van der Waals surface area contributed by atoms with Crippen molar-refractivity contribution >= 4 is 33.3 Å². The Kier molecular flexibility index (Phi) is 2.15. The van der Waals surface area contributed by atoms with Gasteiger partial charge in [-0.1, -0.05) is 0 Å². The van der Waals surface area contributed by atoms with Gasteiger partial charge in [-0.2, -0.15) is 4.39 Å². The van der Waals surface area contributed by atoms with Gasteiger partial charge in [0.25, 0.3) is 0 Å². The van der Waals surface area contributed by atoms with Gasteiger partial charge in [0.05, 0.1) is 4.47 Å². The Morgan fingerprint density at radius 3 is 2.50 bits per heavy atom. The molecule has 1 aromatic heterocycles. The van der Waals surface area contributed by atoms with E-state index in [1.54, 1.807) is 0 Å². The molecular weight excluding hydrogens is 226 g/mol. The number of halogens is 3. The van der Waals surface area contributed by atoms with Crippen molar-refractivity contribution in [3.8, 4) is 0 Å². The van der Waals surface area contributed by atoms with E-state index in [0.717, 1.165) is 16.7 Å². The first-order valence-corrected chi connectivity index (χ1v) is 3.92. The smallest absolute Gasteiger partial charge is 0.254 e. The van der Waals surface area contributed by atoms with Gasteiger partial charge in [0.1, 0.15) is 10.7 Å². The highest BCUT2D eigenvalue weighted by Crippen LogP contribution is 2.27. The molecule has 0 saturated carbocycles. The van der Waals surface area contributed by atoms with Gasteiger partial charge in [-0.15, -0.1) is 11.3 Å². The second-order valence-electron chi connectivity index (χ2n) is 1.50. The molecule has 0 spiro atoms. The molecule has 1 aromatic rings. The molecule has 0 aliphatic heterocycles. The molecule has 1 rings (SSSR count). The minimum absolute atomic E-state index is 0.0926. The predicted octanol–water partition coefficient (Wildman–Crippen LogP) is 2.76. The molecule has 1 heterocycles. The topological polar surface area (TPSA) is 17.1 Å². The fraction of sp³-hybridized carbons (Fsp3) is 0. The van der Waals surface area contributed by atoms with E-state index in [2.05, 4.69) is 15.9 Å². The fourth-order valence-electron chi connectivity index (χ4n) is 0.455. The van der Waals surface area contributed by atoms with Crippen molar-refractivity contribution in [3.63, 3.8) is 0 Å². The summed E-state index contributed by atoms with van der Waals surface area (Å²) in [4.78, 5) is 9.80. The number of rotatable bonds is 1.